The summed E-state index contributed by atoms with van der Waals surface area (Å²) in [5, 5.41) is 0. The summed E-state index contributed by atoms with van der Waals surface area (Å²) < 4.78 is 14.8. The van der Waals surface area contributed by atoms with Gasteiger partial charge in [0.1, 0.15) is 18.8 Å². The highest BCUT2D eigenvalue weighted by Crippen LogP contribution is 2.39. The molecule has 0 radical (unpaired) electrons. The number of hydrogen-bond donors (Lipinski definition) is 0. The van der Waals surface area contributed by atoms with E-state index in [9.17, 15) is 9.59 Å². The van der Waals surface area contributed by atoms with Crippen molar-refractivity contribution in [1.29, 1.82) is 0 Å². The van der Waals surface area contributed by atoms with Crippen LogP contribution >= 0.6 is 23.2 Å². The normalized spacial score (nSPS) is 20.6. The molecule has 1 aliphatic heterocycles. The minimum absolute atomic E-state index is 0.0699. The maximum atomic E-state index is 12.4. The highest BCUT2D eigenvalue weighted by Gasteiger charge is 2.47. The van der Waals surface area contributed by atoms with Crippen LogP contribution in [-0.2, 0) is 14.2 Å². The number of benzene rings is 2. The summed E-state index contributed by atoms with van der Waals surface area (Å²) in [4.78, 5) is 24.6. The van der Waals surface area contributed by atoms with Crippen LogP contribution < -0.4 is 0 Å². The molecule has 0 spiro atoms. The number of aryl methyl sites for hydroxylation is 2. The van der Waals surface area contributed by atoms with Gasteiger partial charge in [0.05, 0.1) is 11.1 Å². The second-order valence-electron chi connectivity index (χ2n) is 6.77. The summed E-state index contributed by atoms with van der Waals surface area (Å²) in [5.41, 5.74) is 2.89. The molecule has 0 unspecified atom stereocenters. The SMILES string of the molecule is Cc1ccc(C(=O)OC[C@H]2OC(Cl)(Cl)C[C@@H]2OC(=O)c2ccc(C)cc2)cc1. The molecule has 0 aliphatic carbocycles. The van der Waals surface area contributed by atoms with Crippen LogP contribution in [-0.4, -0.2) is 35.3 Å². The van der Waals surface area contributed by atoms with Crippen molar-refractivity contribution >= 4 is 35.1 Å². The fourth-order valence-corrected chi connectivity index (χ4v) is 3.33. The standard InChI is InChI=1S/C21H20Cl2O5/c1-13-3-7-15(8-4-13)19(24)26-12-18-17(11-21(22,23)28-18)27-20(25)16-9-5-14(2)6-10-16/h3-10,17-18H,11-12H2,1-2H3/t17-,18+/m0/s1. The third-order valence-electron chi connectivity index (χ3n) is 4.39. The van der Waals surface area contributed by atoms with E-state index in [2.05, 4.69) is 0 Å². The van der Waals surface area contributed by atoms with Gasteiger partial charge in [0.15, 0.2) is 0 Å². The van der Waals surface area contributed by atoms with Gasteiger partial charge >= 0.3 is 11.9 Å². The van der Waals surface area contributed by atoms with E-state index in [4.69, 9.17) is 37.4 Å². The zero-order chi connectivity index (χ0) is 20.3. The predicted octanol–water partition coefficient (Wildman–Crippen LogP) is 4.61. The minimum atomic E-state index is -1.51. The molecule has 2 atom stereocenters. The van der Waals surface area contributed by atoms with Gasteiger partial charge in [-0.2, -0.15) is 0 Å². The molecule has 5 nitrogen and oxygen atoms in total. The van der Waals surface area contributed by atoms with Gasteiger partial charge < -0.3 is 14.2 Å². The Morgan fingerprint density at radius 1 is 0.964 bits per heavy atom. The van der Waals surface area contributed by atoms with Gasteiger partial charge in [0.2, 0.25) is 4.52 Å². The largest absolute Gasteiger partial charge is 0.459 e. The second kappa shape index (κ2) is 8.52. The van der Waals surface area contributed by atoms with Crippen LogP contribution in [0.25, 0.3) is 0 Å². The molecular formula is C21H20Cl2O5. The molecule has 0 N–H and O–H groups in total. The van der Waals surface area contributed by atoms with Gasteiger partial charge in [0, 0.05) is 6.42 Å². The Labute approximate surface area is 173 Å². The maximum absolute atomic E-state index is 12.4. The minimum Gasteiger partial charge on any atom is -0.459 e. The van der Waals surface area contributed by atoms with Crippen LogP contribution in [0.3, 0.4) is 0 Å². The van der Waals surface area contributed by atoms with Crippen LogP contribution in [0.4, 0.5) is 0 Å². The Morgan fingerprint density at radius 3 is 2.00 bits per heavy atom. The van der Waals surface area contributed by atoms with Gasteiger partial charge in [0.25, 0.3) is 0 Å². The predicted molar refractivity (Wildman–Crippen MR) is 106 cm³/mol. The van der Waals surface area contributed by atoms with Gasteiger partial charge in [-0.05, 0) is 38.1 Å². The first-order valence-electron chi connectivity index (χ1n) is 8.80. The molecule has 0 bridgehead atoms. The van der Waals surface area contributed by atoms with E-state index < -0.39 is 28.7 Å². The van der Waals surface area contributed by atoms with Crippen molar-refractivity contribution in [3.8, 4) is 0 Å². The molecular weight excluding hydrogens is 403 g/mol. The summed E-state index contributed by atoms with van der Waals surface area (Å²) in [7, 11) is 0. The van der Waals surface area contributed by atoms with E-state index in [1.165, 1.54) is 0 Å². The molecule has 1 fully saturated rings. The Balaban J connectivity index is 1.63. The number of hydrogen-bond acceptors (Lipinski definition) is 5. The van der Waals surface area contributed by atoms with E-state index in [0.29, 0.717) is 11.1 Å². The van der Waals surface area contributed by atoms with Crippen LogP contribution in [0.15, 0.2) is 48.5 Å². The van der Waals surface area contributed by atoms with Crippen molar-refractivity contribution in [3.05, 3.63) is 70.8 Å². The number of halogens is 2. The van der Waals surface area contributed by atoms with Crippen LogP contribution in [0, 0.1) is 13.8 Å². The Morgan fingerprint density at radius 2 is 1.46 bits per heavy atom. The lowest BCUT2D eigenvalue weighted by Gasteiger charge is -2.19. The van der Waals surface area contributed by atoms with Crippen molar-refractivity contribution in [2.45, 2.75) is 37.0 Å². The van der Waals surface area contributed by atoms with Crippen molar-refractivity contribution < 1.29 is 23.8 Å². The Hall–Kier alpha value is -2.08. The van der Waals surface area contributed by atoms with Crippen molar-refractivity contribution in [3.63, 3.8) is 0 Å². The molecule has 148 valence electrons. The lowest BCUT2D eigenvalue weighted by Crippen LogP contribution is -2.32. The summed E-state index contributed by atoms with van der Waals surface area (Å²) in [6, 6.07) is 14.0. The molecule has 2 aromatic carbocycles. The third-order valence-corrected chi connectivity index (χ3v) is 4.88. The molecule has 0 aromatic heterocycles. The summed E-state index contributed by atoms with van der Waals surface area (Å²) in [6.45, 7) is 3.71. The molecule has 1 aliphatic rings. The summed E-state index contributed by atoms with van der Waals surface area (Å²) in [5.74, 6) is -1.02. The number of esters is 2. The third kappa shape index (κ3) is 5.25. The lowest BCUT2D eigenvalue weighted by atomic mass is 10.1. The number of ether oxygens (including phenoxy) is 3. The van der Waals surface area contributed by atoms with E-state index in [1.807, 2.05) is 38.1 Å². The summed E-state index contributed by atoms with van der Waals surface area (Å²) >= 11 is 12.1. The van der Waals surface area contributed by atoms with E-state index in [-0.39, 0.29) is 13.0 Å². The van der Waals surface area contributed by atoms with E-state index in [1.54, 1.807) is 24.3 Å². The molecule has 1 heterocycles. The first kappa shape index (κ1) is 20.6. The highest BCUT2D eigenvalue weighted by atomic mass is 35.5. The molecule has 3 rings (SSSR count). The van der Waals surface area contributed by atoms with Crippen LogP contribution in [0.2, 0.25) is 0 Å². The average Bonchev–Trinajstić information content (AvgIpc) is 2.94. The fraction of sp³-hybridized carbons (Fsp3) is 0.333. The van der Waals surface area contributed by atoms with Crippen molar-refractivity contribution in [2.24, 2.45) is 0 Å². The number of carbonyl (C=O) groups excluding carboxylic acids is 2. The fourth-order valence-electron chi connectivity index (χ4n) is 2.80. The molecule has 2 aromatic rings. The first-order valence-corrected chi connectivity index (χ1v) is 9.56. The summed E-state index contributed by atoms with van der Waals surface area (Å²) in [6.07, 6.45) is -1.44. The zero-order valence-corrected chi connectivity index (χ0v) is 17.0. The first-order chi connectivity index (χ1) is 13.2. The smallest absolute Gasteiger partial charge is 0.338 e. The highest BCUT2D eigenvalue weighted by molar-refractivity contribution is 6.47. The molecule has 0 saturated carbocycles. The van der Waals surface area contributed by atoms with Crippen LogP contribution in [0.1, 0.15) is 38.3 Å². The monoisotopic (exact) mass is 422 g/mol. The quantitative estimate of drug-likeness (QED) is 0.520. The van der Waals surface area contributed by atoms with Gasteiger partial charge in [-0.25, -0.2) is 9.59 Å². The maximum Gasteiger partial charge on any atom is 0.338 e. The zero-order valence-electron chi connectivity index (χ0n) is 15.5. The van der Waals surface area contributed by atoms with Gasteiger partial charge in [-0.1, -0.05) is 58.6 Å². The molecule has 1 saturated heterocycles. The molecule has 28 heavy (non-hydrogen) atoms. The Kier molecular flexibility index (Phi) is 6.28. The van der Waals surface area contributed by atoms with Crippen molar-refractivity contribution in [2.75, 3.05) is 6.61 Å². The van der Waals surface area contributed by atoms with E-state index in [0.717, 1.165) is 11.1 Å². The molecule has 7 heteroatoms. The van der Waals surface area contributed by atoms with Crippen LogP contribution in [0.5, 0.6) is 0 Å². The number of carbonyl (C=O) groups is 2. The second-order valence-corrected chi connectivity index (χ2v) is 8.19. The molecule has 0 amide bonds. The topological polar surface area (TPSA) is 61.8 Å². The lowest BCUT2D eigenvalue weighted by molar-refractivity contribution is -0.0374. The average molecular weight is 423 g/mol. The Bertz CT molecular complexity index is 846. The number of alkyl halides is 2. The van der Waals surface area contributed by atoms with Crippen molar-refractivity contribution in [1.82, 2.24) is 0 Å². The van der Waals surface area contributed by atoms with E-state index >= 15 is 0 Å². The number of rotatable bonds is 5. The van der Waals surface area contributed by atoms with Gasteiger partial charge in [-0.3, -0.25) is 0 Å². The van der Waals surface area contributed by atoms with Gasteiger partial charge in [-0.15, -0.1) is 0 Å².